The SMILES string of the molecule is c1ccc(-n2nccc2CNC[C@@H]2CCCO[C@H]2c2ccn[nH]2)cc1. The molecule has 25 heavy (non-hydrogen) atoms. The molecule has 1 saturated heterocycles. The molecule has 2 N–H and O–H groups in total. The second kappa shape index (κ2) is 7.63. The van der Waals surface area contributed by atoms with Gasteiger partial charge >= 0.3 is 0 Å². The van der Waals surface area contributed by atoms with E-state index in [-0.39, 0.29) is 6.10 Å². The van der Waals surface area contributed by atoms with Crippen molar-refractivity contribution in [2.45, 2.75) is 25.5 Å². The summed E-state index contributed by atoms with van der Waals surface area (Å²) in [6.45, 7) is 2.51. The zero-order chi connectivity index (χ0) is 16.9. The van der Waals surface area contributed by atoms with Gasteiger partial charge in [-0.2, -0.15) is 10.2 Å². The molecular formula is C19H23N5O. The molecular weight excluding hydrogens is 314 g/mol. The summed E-state index contributed by atoms with van der Waals surface area (Å²) in [7, 11) is 0. The highest BCUT2D eigenvalue weighted by atomic mass is 16.5. The van der Waals surface area contributed by atoms with Crippen molar-refractivity contribution >= 4 is 0 Å². The lowest BCUT2D eigenvalue weighted by Crippen LogP contribution is -2.32. The summed E-state index contributed by atoms with van der Waals surface area (Å²) in [5.74, 6) is 0.447. The number of nitrogens with one attached hydrogen (secondary N) is 2. The summed E-state index contributed by atoms with van der Waals surface area (Å²) in [5.41, 5.74) is 3.31. The van der Waals surface area contributed by atoms with Gasteiger partial charge in [0, 0.05) is 38.0 Å². The topological polar surface area (TPSA) is 67.8 Å². The van der Waals surface area contributed by atoms with Crippen molar-refractivity contribution in [1.82, 2.24) is 25.3 Å². The van der Waals surface area contributed by atoms with Gasteiger partial charge in [0.1, 0.15) is 6.10 Å². The zero-order valence-electron chi connectivity index (χ0n) is 14.1. The van der Waals surface area contributed by atoms with Crippen LogP contribution in [0.5, 0.6) is 0 Å². The van der Waals surface area contributed by atoms with E-state index in [1.165, 1.54) is 0 Å². The van der Waals surface area contributed by atoms with Crippen molar-refractivity contribution in [2.75, 3.05) is 13.2 Å². The first kappa shape index (κ1) is 16.1. The van der Waals surface area contributed by atoms with Gasteiger partial charge < -0.3 is 10.1 Å². The summed E-state index contributed by atoms with van der Waals surface area (Å²) < 4.78 is 7.97. The van der Waals surface area contributed by atoms with Crippen molar-refractivity contribution in [3.63, 3.8) is 0 Å². The van der Waals surface area contributed by atoms with Crippen LogP contribution < -0.4 is 5.32 Å². The molecule has 2 aromatic heterocycles. The first-order chi connectivity index (χ1) is 12.4. The molecule has 1 aliphatic heterocycles. The van der Waals surface area contributed by atoms with E-state index in [1.54, 1.807) is 6.20 Å². The minimum atomic E-state index is 0.0998. The summed E-state index contributed by atoms with van der Waals surface area (Å²) in [5, 5.41) is 15.1. The Kier molecular flexibility index (Phi) is 4.90. The first-order valence-electron chi connectivity index (χ1n) is 8.82. The maximum atomic E-state index is 5.99. The third-order valence-electron chi connectivity index (χ3n) is 4.71. The molecule has 0 unspecified atom stereocenters. The van der Waals surface area contributed by atoms with Gasteiger partial charge in [0.05, 0.1) is 17.1 Å². The van der Waals surface area contributed by atoms with Crippen molar-refractivity contribution in [3.8, 4) is 5.69 Å². The monoisotopic (exact) mass is 337 g/mol. The molecule has 0 bridgehead atoms. The van der Waals surface area contributed by atoms with Crippen LogP contribution in [0.15, 0.2) is 54.9 Å². The lowest BCUT2D eigenvalue weighted by atomic mass is 9.92. The fourth-order valence-corrected chi connectivity index (χ4v) is 3.47. The second-order valence-corrected chi connectivity index (χ2v) is 6.41. The average Bonchev–Trinajstić information content (AvgIpc) is 3.35. The molecule has 0 saturated carbocycles. The van der Waals surface area contributed by atoms with Crippen molar-refractivity contribution in [1.29, 1.82) is 0 Å². The third-order valence-corrected chi connectivity index (χ3v) is 4.71. The van der Waals surface area contributed by atoms with Gasteiger partial charge in [-0.15, -0.1) is 0 Å². The van der Waals surface area contributed by atoms with E-state index in [9.17, 15) is 0 Å². The van der Waals surface area contributed by atoms with Crippen LogP contribution in [0.3, 0.4) is 0 Å². The molecule has 0 radical (unpaired) electrons. The largest absolute Gasteiger partial charge is 0.372 e. The highest BCUT2D eigenvalue weighted by Gasteiger charge is 2.28. The maximum absolute atomic E-state index is 5.99. The number of para-hydroxylation sites is 1. The fourth-order valence-electron chi connectivity index (χ4n) is 3.47. The number of aromatic amines is 1. The molecule has 6 nitrogen and oxygen atoms in total. The summed E-state index contributed by atoms with van der Waals surface area (Å²) >= 11 is 0. The quantitative estimate of drug-likeness (QED) is 0.726. The predicted molar refractivity (Wildman–Crippen MR) is 95.3 cm³/mol. The van der Waals surface area contributed by atoms with Crippen molar-refractivity contribution in [2.24, 2.45) is 5.92 Å². The Labute approximate surface area is 147 Å². The Bertz CT molecular complexity index is 768. The van der Waals surface area contributed by atoms with Gasteiger partial charge in [0.25, 0.3) is 0 Å². The second-order valence-electron chi connectivity index (χ2n) is 6.41. The Balaban J connectivity index is 1.39. The van der Waals surface area contributed by atoms with E-state index >= 15 is 0 Å². The standard InChI is InChI=1S/C19H23N5O/c1-2-6-16(7-3-1)24-17(8-11-22-24)14-20-13-15-5-4-12-25-19(15)18-9-10-21-23-18/h1-3,6-11,15,19-20H,4-5,12-14H2,(H,21,23)/t15-,19+/m0/s1. The molecule has 0 spiro atoms. The highest BCUT2D eigenvalue weighted by Crippen LogP contribution is 2.32. The number of H-pyrrole nitrogens is 1. The lowest BCUT2D eigenvalue weighted by molar-refractivity contribution is -0.0303. The van der Waals surface area contributed by atoms with Crippen LogP contribution in [-0.2, 0) is 11.3 Å². The Hall–Kier alpha value is -2.44. The van der Waals surface area contributed by atoms with E-state index in [4.69, 9.17) is 4.74 Å². The Morgan fingerprint density at radius 2 is 2.08 bits per heavy atom. The number of nitrogens with zero attached hydrogens (tertiary/aromatic N) is 3. The van der Waals surface area contributed by atoms with Crippen LogP contribution in [0, 0.1) is 5.92 Å². The number of hydrogen-bond acceptors (Lipinski definition) is 4. The first-order valence-corrected chi connectivity index (χ1v) is 8.82. The zero-order valence-corrected chi connectivity index (χ0v) is 14.1. The molecule has 4 rings (SSSR count). The van der Waals surface area contributed by atoms with Gasteiger partial charge in [0.2, 0.25) is 0 Å². The highest BCUT2D eigenvalue weighted by molar-refractivity contribution is 5.32. The van der Waals surface area contributed by atoms with Gasteiger partial charge in [-0.3, -0.25) is 5.10 Å². The maximum Gasteiger partial charge on any atom is 0.103 e. The molecule has 3 heterocycles. The van der Waals surface area contributed by atoms with Gasteiger partial charge in [0.15, 0.2) is 0 Å². The van der Waals surface area contributed by atoms with E-state index in [0.717, 1.165) is 49.6 Å². The molecule has 0 aliphatic carbocycles. The normalized spacial score (nSPS) is 20.6. The lowest BCUT2D eigenvalue weighted by Gasteiger charge is -2.31. The number of benzene rings is 1. The fraction of sp³-hybridized carbons (Fsp3) is 0.368. The molecule has 3 aromatic rings. The molecule has 0 amide bonds. The van der Waals surface area contributed by atoms with E-state index in [0.29, 0.717) is 5.92 Å². The van der Waals surface area contributed by atoms with Gasteiger partial charge in [-0.25, -0.2) is 4.68 Å². The molecule has 2 atom stereocenters. The Morgan fingerprint density at radius 3 is 2.92 bits per heavy atom. The van der Waals surface area contributed by atoms with Crippen LogP contribution in [-0.4, -0.2) is 33.1 Å². The van der Waals surface area contributed by atoms with Crippen molar-refractivity contribution < 1.29 is 4.74 Å². The van der Waals surface area contributed by atoms with E-state index < -0.39 is 0 Å². The van der Waals surface area contributed by atoms with Gasteiger partial charge in [-0.1, -0.05) is 18.2 Å². The predicted octanol–water partition coefficient (Wildman–Crippen LogP) is 2.85. The molecule has 130 valence electrons. The molecule has 1 fully saturated rings. The van der Waals surface area contributed by atoms with E-state index in [1.807, 2.05) is 35.1 Å². The van der Waals surface area contributed by atoms with Crippen LogP contribution in [0.4, 0.5) is 0 Å². The smallest absolute Gasteiger partial charge is 0.103 e. The summed E-state index contributed by atoms with van der Waals surface area (Å²) in [4.78, 5) is 0. The summed E-state index contributed by atoms with van der Waals surface area (Å²) in [6, 6.07) is 14.3. The van der Waals surface area contributed by atoms with Crippen molar-refractivity contribution in [3.05, 3.63) is 66.2 Å². The summed E-state index contributed by atoms with van der Waals surface area (Å²) in [6.07, 6.45) is 6.01. The van der Waals surface area contributed by atoms with Crippen LogP contribution in [0.1, 0.15) is 30.3 Å². The van der Waals surface area contributed by atoms with Crippen LogP contribution in [0.2, 0.25) is 0 Å². The van der Waals surface area contributed by atoms with E-state index in [2.05, 4.69) is 38.8 Å². The number of hydrogen-bond donors (Lipinski definition) is 2. The minimum Gasteiger partial charge on any atom is -0.372 e. The molecule has 6 heteroatoms. The number of aromatic nitrogens is 4. The molecule has 1 aromatic carbocycles. The van der Waals surface area contributed by atoms with Gasteiger partial charge in [-0.05, 0) is 37.1 Å². The minimum absolute atomic E-state index is 0.0998. The average molecular weight is 337 g/mol. The van der Waals surface area contributed by atoms with Crippen LogP contribution >= 0.6 is 0 Å². The molecule has 1 aliphatic rings. The Morgan fingerprint density at radius 1 is 1.16 bits per heavy atom. The third kappa shape index (κ3) is 3.65. The number of ether oxygens (including phenoxy) is 1. The number of rotatable bonds is 6. The van der Waals surface area contributed by atoms with Crippen LogP contribution in [0.25, 0.3) is 5.69 Å².